The molecule has 2 nitrogen and oxygen atoms in total. The van der Waals surface area contributed by atoms with Gasteiger partial charge in [0.25, 0.3) is 0 Å². The van der Waals surface area contributed by atoms with Crippen molar-refractivity contribution < 1.29 is 0 Å². The molecule has 109 valence electrons. The molecule has 22 heavy (non-hydrogen) atoms. The van der Waals surface area contributed by atoms with Gasteiger partial charge < -0.3 is 4.57 Å². The fraction of sp³-hybridized carbons (Fsp3) is 0.211. The van der Waals surface area contributed by atoms with Gasteiger partial charge in [0.2, 0.25) is 7.28 Å². The Balaban J connectivity index is 1.98. The van der Waals surface area contributed by atoms with Crippen molar-refractivity contribution in [1.29, 1.82) is 0 Å². The second-order valence-electron chi connectivity index (χ2n) is 5.75. The van der Waals surface area contributed by atoms with E-state index in [0.29, 0.717) is 6.04 Å². The minimum Gasteiger partial charge on any atom is -0.341 e. The number of hydrogen-bond acceptors (Lipinski definition) is 1. The molecule has 0 aliphatic rings. The Hall–Kier alpha value is -2.29. The van der Waals surface area contributed by atoms with E-state index in [1.807, 2.05) is 12.4 Å². The van der Waals surface area contributed by atoms with Gasteiger partial charge >= 0.3 is 0 Å². The van der Waals surface area contributed by atoms with E-state index in [1.165, 1.54) is 11.1 Å². The van der Waals surface area contributed by atoms with Crippen LogP contribution in [0.5, 0.6) is 0 Å². The van der Waals surface area contributed by atoms with E-state index in [-0.39, 0.29) is 5.82 Å². The van der Waals surface area contributed by atoms with Gasteiger partial charge in [-0.15, -0.1) is 0 Å². The molecule has 3 heteroatoms. The maximum atomic E-state index is 4.54. The van der Waals surface area contributed by atoms with Gasteiger partial charge in [0.05, 0.1) is 5.72 Å². The van der Waals surface area contributed by atoms with E-state index in [1.54, 1.807) is 0 Å². The van der Waals surface area contributed by atoms with Crippen molar-refractivity contribution in [3.05, 3.63) is 84.2 Å². The molecule has 0 amide bonds. The number of rotatable bonds is 5. The van der Waals surface area contributed by atoms with Gasteiger partial charge in [-0.3, -0.25) is 4.98 Å². The molecule has 1 aromatic heterocycles. The molecule has 0 bridgehead atoms. The summed E-state index contributed by atoms with van der Waals surface area (Å²) in [6, 6.07) is 21.6. The fourth-order valence-corrected chi connectivity index (χ4v) is 2.75. The highest BCUT2D eigenvalue weighted by molar-refractivity contribution is 6.54. The second-order valence-corrected chi connectivity index (χ2v) is 5.75. The quantitative estimate of drug-likeness (QED) is 0.656. The highest BCUT2D eigenvalue weighted by atomic mass is 15.1. The largest absolute Gasteiger partial charge is 0.341 e. The first-order valence-electron chi connectivity index (χ1n) is 7.73. The summed E-state index contributed by atoms with van der Waals surface area (Å²) >= 11 is 0. The summed E-state index contributed by atoms with van der Waals surface area (Å²) in [5.41, 5.74) is 3.59. The van der Waals surface area contributed by atoms with Gasteiger partial charge in [-0.2, -0.15) is 0 Å². The van der Waals surface area contributed by atoms with Gasteiger partial charge in [0, 0.05) is 18.4 Å². The van der Waals surface area contributed by atoms with Crippen LogP contribution in [0.2, 0.25) is 0 Å². The molecule has 0 N–H and O–H groups in total. The van der Waals surface area contributed by atoms with Crippen LogP contribution < -0.4 is 5.72 Å². The molecule has 1 radical (unpaired) electrons. The van der Waals surface area contributed by atoms with Crippen LogP contribution in [0, 0.1) is 0 Å². The third-order valence-corrected chi connectivity index (χ3v) is 3.89. The van der Waals surface area contributed by atoms with Crippen LogP contribution in [0.15, 0.2) is 73.1 Å². The van der Waals surface area contributed by atoms with E-state index in [4.69, 9.17) is 0 Å². The lowest BCUT2D eigenvalue weighted by Crippen LogP contribution is -2.32. The van der Waals surface area contributed by atoms with Gasteiger partial charge in [-0.1, -0.05) is 60.7 Å². The molecular formula is C19H20BN2. The first-order chi connectivity index (χ1) is 10.8. The van der Waals surface area contributed by atoms with Crippen molar-refractivity contribution >= 4 is 13.0 Å². The molecule has 2 aromatic carbocycles. The Morgan fingerprint density at radius 3 is 1.91 bits per heavy atom. The van der Waals surface area contributed by atoms with Gasteiger partial charge in [0.15, 0.2) is 0 Å². The van der Waals surface area contributed by atoms with E-state index >= 15 is 0 Å². The predicted molar refractivity (Wildman–Crippen MR) is 92.7 cm³/mol. The third kappa shape index (κ3) is 3.14. The average molecular weight is 287 g/mol. The number of benzene rings is 2. The van der Waals surface area contributed by atoms with E-state index < -0.39 is 0 Å². The zero-order valence-corrected chi connectivity index (χ0v) is 13.1. The molecule has 0 fully saturated rings. The Bertz CT molecular complexity index is 665. The van der Waals surface area contributed by atoms with Gasteiger partial charge in [-0.05, 0) is 30.8 Å². The van der Waals surface area contributed by atoms with Crippen LogP contribution in [0.3, 0.4) is 0 Å². The van der Waals surface area contributed by atoms with E-state index in [9.17, 15) is 0 Å². The first-order valence-corrected chi connectivity index (χ1v) is 7.73. The highest BCUT2D eigenvalue weighted by Crippen LogP contribution is 2.23. The highest BCUT2D eigenvalue weighted by Gasteiger charge is 2.19. The SMILES string of the molecule is CC(C)n1ccnc1[B]C(c1ccccc1)c1ccccc1. The molecule has 0 aliphatic carbocycles. The number of hydrogen-bond donors (Lipinski definition) is 0. The third-order valence-electron chi connectivity index (χ3n) is 3.89. The van der Waals surface area contributed by atoms with Crippen LogP contribution in [0.4, 0.5) is 0 Å². The average Bonchev–Trinajstić information content (AvgIpc) is 3.03. The smallest absolute Gasteiger partial charge is 0.215 e. The zero-order valence-electron chi connectivity index (χ0n) is 13.1. The summed E-state index contributed by atoms with van der Waals surface area (Å²) in [6.07, 6.45) is 3.92. The minimum absolute atomic E-state index is 0.210. The van der Waals surface area contributed by atoms with Crippen LogP contribution in [0.1, 0.15) is 36.8 Å². The first kappa shape index (κ1) is 14.6. The minimum atomic E-state index is 0.210. The Labute approximate surface area is 133 Å². The Morgan fingerprint density at radius 1 is 0.864 bits per heavy atom. The topological polar surface area (TPSA) is 17.8 Å². The molecule has 3 aromatic rings. The van der Waals surface area contributed by atoms with E-state index in [0.717, 1.165) is 5.72 Å². The van der Waals surface area contributed by atoms with Gasteiger partial charge in [-0.25, -0.2) is 0 Å². The van der Waals surface area contributed by atoms with Crippen molar-refractivity contribution in [1.82, 2.24) is 9.55 Å². The van der Waals surface area contributed by atoms with Crippen molar-refractivity contribution in [2.45, 2.75) is 25.7 Å². The van der Waals surface area contributed by atoms with Crippen LogP contribution >= 0.6 is 0 Å². The molecule has 0 saturated carbocycles. The Morgan fingerprint density at radius 2 is 1.41 bits per heavy atom. The maximum Gasteiger partial charge on any atom is 0.215 e. The zero-order chi connectivity index (χ0) is 15.4. The lowest BCUT2D eigenvalue weighted by Gasteiger charge is -2.19. The standard InChI is InChI=1S/C19H20BN2/c1-15(2)22-14-13-21-19(22)20-18(16-9-5-3-6-10-16)17-11-7-4-8-12-17/h3-15,18H,1-2H3. The molecule has 0 spiro atoms. The maximum absolute atomic E-state index is 4.54. The molecule has 3 rings (SSSR count). The Kier molecular flexibility index (Phi) is 4.43. The summed E-state index contributed by atoms with van der Waals surface area (Å²) in [6.45, 7) is 4.36. The predicted octanol–water partition coefficient (Wildman–Crippen LogP) is 3.58. The summed E-state index contributed by atoms with van der Waals surface area (Å²) in [5, 5.41) is 0. The molecule has 0 unspecified atom stereocenters. The second kappa shape index (κ2) is 6.65. The van der Waals surface area contributed by atoms with Crippen molar-refractivity contribution in [2.24, 2.45) is 0 Å². The lowest BCUT2D eigenvalue weighted by atomic mass is 9.58. The normalized spacial score (nSPS) is 11.1. The molecular weight excluding hydrogens is 267 g/mol. The molecule has 0 aliphatic heterocycles. The number of aromatic nitrogens is 2. The van der Waals surface area contributed by atoms with Crippen molar-refractivity contribution in [3.8, 4) is 0 Å². The number of nitrogens with zero attached hydrogens (tertiary/aromatic N) is 2. The van der Waals surface area contributed by atoms with Crippen molar-refractivity contribution in [2.75, 3.05) is 0 Å². The van der Waals surface area contributed by atoms with Crippen LogP contribution in [-0.2, 0) is 0 Å². The molecule has 0 atom stereocenters. The number of imidazole rings is 1. The summed E-state index contributed by atoms with van der Waals surface area (Å²) in [5.74, 6) is 0.210. The fourth-order valence-electron chi connectivity index (χ4n) is 2.75. The van der Waals surface area contributed by atoms with Crippen LogP contribution in [0.25, 0.3) is 0 Å². The summed E-state index contributed by atoms with van der Waals surface area (Å²) in [7, 11) is 2.25. The summed E-state index contributed by atoms with van der Waals surface area (Å²) < 4.78 is 2.21. The summed E-state index contributed by atoms with van der Waals surface area (Å²) in [4.78, 5) is 4.54. The molecule has 0 saturated heterocycles. The van der Waals surface area contributed by atoms with Crippen LogP contribution in [-0.4, -0.2) is 16.8 Å². The van der Waals surface area contributed by atoms with Gasteiger partial charge in [0.1, 0.15) is 0 Å². The lowest BCUT2D eigenvalue weighted by molar-refractivity contribution is 0.614. The van der Waals surface area contributed by atoms with E-state index in [2.05, 4.69) is 91.3 Å². The molecule has 1 heterocycles. The van der Waals surface area contributed by atoms with Crippen molar-refractivity contribution in [3.63, 3.8) is 0 Å². The monoisotopic (exact) mass is 287 g/mol.